The van der Waals surface area contributed by atoms with Gasteiger partial charge in [0.25, 0.3) is 5.91 Å². The molecule has 1 atom stereocenters. The number of ether oxygens (including phenoxy) is 1. The molecular formula is C19H17ClFN5O3. The second-order valence-electron chi connectivity index (χ2n) is 6.00. The highest BCUT2D eigenvalue weighted by molar-refractivity contribution is 6.30. The number of amides is 2. The lowest BCUT2D eigenvalue weighted by atomic mass is 10.3. The molecule has 0 aliphatic rings. The van der Waals surface area contributed by atoms with Gasteiger partial charge in [-0.1, -0.05) is 23.7 Å². The Morgan fingerprint density at radius 1 is 1.14 bits per heavy atom. The van der Waals surface area contributed by atoms with E-state index < -0.39 is 23.7 Å². The summed E-state index contributed by atoms with van der Waals surface area (Å²) in [7, 11) is 0. The van der Waals surface area contributed by atoms with Crippen molar-refractivity contribution in [2.75, 3.05) is 0 Å². The number of aryl methyl sites for hydroxylation is 1. The zero-order valence-electron chi connectivity index (χ0n) is 15.5. The average Bonchev–Trinajstić information content (AvgIpc) is 3.10. The van der Waals surface area contributed by atoms with Crippen LogP contribution in [0.5, 0.6) is 5.75 Å². The highest BCUT2D eigenvalue weighted by Gasteiger charge is 2.20. The number of hydrazine groups is 1. The maximum absolute atomic E-state index is 13.6. The Morgan fingerprint density at radius 3 is 2.52 bits per heavy atom. The Morgan fingerprint density at radius 2 is 1.83 bits per heavy atom. The van der Waals surface area contributed by atoms with Gasteiger partial charge in [0.05, 0.1) is 5.69 Å². The molecule has 3 rings (SSSR count). The minimum atomic E-state index is -1.05. The third-order valence-corrected chi connectivity index (χ3v) is 4.10. The minimum absolute atomic E-state index is 0.0690. The van der Waals surface area contributed by atoms with Crippen LogP contribution >= 0.6 is 11.6 Å². The number of carbonyl (C=O) groups excluding carboxylic acids is 2. The maximum atomic E-state index is 13.6. The van der Waals surface area contributed by atoms with Gasteiger partial charge in [0, 0.05) is 5.02 Å². The van der Waals surface area contributed by atoms with Crippen molar-refractivity contribution in [3.8, 4) is 11.4 Å². The molecule has 2 amide bonds. The molecule has 1 unspecified atom stereocenters. The van der Waals surface area contributed by atoms with E-state index in [0.29, 0.717) is 16.5 Å². The molecule has 1 heterocycles. The molecule has 0 fully saturated rings. The number of rotatable bonds is 5. The van der Waals surface area contributed by atoms with E-state index in [-0.39, 0.29) is 11.6 Å². The molecule has 10 heteroatoms. The largest absolute Gasteiger partial charge is 0.478 e. The van der Waals surface area contributed by atoms with Gasteiger partial charge in [-0.25, -0.2) is 14.1 Å². The van der Waals surface area contributed by atoms with Crippen molar-refractivity contribution in [1.29, 1.82) is 0 Å². The predicted molar refractivity (Wildman–Crippen MR) is 103 cm³/mol. The van der Waals surface area contributed by atoms with Gasteiger partial charge in [0.2, 0.25) is 5.82 Å². The number of para-hydroxylation sites is 1. The summed E-state index contributed by atoms with van der Waals surface area (Å²) >= 11 is 5.87. The fourth-order valence-electron chi connectivity index (χ4n) is 2.37. The quantitative estimate of drug-likeness (QED) is 0.622. The predicted octanol–water partition coefficient (Wildman–Crippen LogP) is 2.60. The molecule has 0 saturated carbocycles. The minimum Gasteiger partial charge on any atom is -0.478 e. The summed E-state index contributed by atoms with van der Waals surface area (Å²) in [5.74, 6) is -1.72. The van der Waals surface area contributed by atoms with Crippen LogP contribution in [0, 0.1) is 12.7 Å². The lowest BCUT2D eigenvalue weighted by Crippen LogP contribution is -2.47. The second-order valence-corrected chi connectivity index (χ2v) is 6.44. The Hall–Kier alpha value is -3.46. The third-order valence-electron chi connectivity index (χ3n) is 3.85. The molecule has 3 aromatic rings. The number of hydrogen-bond acceptors (Lipinski definition) is 5. The van der Waals surface area contributed by atoms with Crippen molar-refractivity contribution >= 4 is 23.4 Å². The molecule has 29 heavy (non-hydrogen) atoms. The lowest BCUT2D eigenvalue weighted by Gasteiger charge is -2.15. The van der Waals surface area contributed by atoms with E-state index in [1.165, 1.54) is 29.8 Å². The number of benzene rings is 2. The van der Waals surface area contributed by atoms with E-state index in [0.717, 1.165) is 0 Å². The fraction of sp³-hybridized carbons (Fsp3) is 0.158. The zero-order chi connectivity index (χ0) is 21.0. The first kappa shape index (κ1) is 20.3. The first-order valence-corrected chi connectivity index (χ1v) is 8.94. The van der Waals surface area contributed by atoms with Gasteiger partial charge in [-0.05, 0) is 50.2 Å². The molecule has 0 bridgehead atoms. The maximum Gasteiger partial charge on any atom is 0.309 e. The normalized spacial score (nSPS) is 11.6. The van der Waals surface area contributed by atoms with Gasteiger partial charge in [-0.2, -0.15) is 0 Å². The van der Waals surface area contributed by atoms with E-state index in [2.05, 4.69) is 20.9 Å². The monoisotopic (exact) mass is 417 g/mol. The van der Waals surface area contributed by atoms with Gasteiger partial charge in [-0.3, -0.25) is 20.4 Å². The van der Waals surface area contributed by atoms with Crippen LogP contribution in [0.15, 0.2) is 48.5 Å². The molecule has 150 valence electrons. The van der Waals surface area contributed by atoms with Gasteiger partial charge < -0.3 is 4.74 Å². The summed E-state index contributed by atoms with van der Waals surface area (Å²) < 4.78 is 20.3. The summed E-state index contributed by atoms with van der Waals surface area (Å²) in [4.78, 5) is 28.4. The number of nitrogens with zero attached hydrogens (tertiary/aromatic N) is 3. The van der Waals surface area contributed by atoms with Gasteiger partial charge in [0.15, 0.2) is 17.7 Å². The smallest absolute Gasteiger partial charge is 0.309 e. The van der Waals surface area contributed by atoms with Crippen LogP contribution in [0.3, 0.4) is 0 Å². The Bertz CT molecular complexity index is 1040. The summed E-state index contributed by atoms with van der Waals surface area (Å²) in [6.07, 6.45) is -1.05. The molecule has 2 N–H and O–H groups in total. The molecule has 2 aromatic carbocycles. The number of carbonyl (C=O) groups is 2. The van der Waals surface area contributed by atoms with E-state index >= 15 is 0 Å². The van der Waals surface area contributed by atoms with Crippen LogP contribution in [-0.4, -0.2) is 32.7 Å². The molecule has 0 aliphatic carbocycles. The molecular weight excluding hydrogens is 401 g/mol. The van der Waals surface area contributed by atoms with Crippen LogP contribution in [0.2, 0.25) is 5.02 Å². The first-order chi connectivity index (χ1) is 13.8. The molecule has 0 spiro atoms. The van der Waals surface area contributed by atoms with Crippen molar-refractivity contribution < 1.29 is 18.7 Å². The first-order valence-electron chi connectivity index (χ1n) is 8.56. The van der Waals surface area contributed by atoms with E-state index in [1.54, 1.807) is 37.3 Å². The van der Waals surface area contributed by atoms with E-state index in [9.17, 15) is 14.0 Å². The van der Waals surface area contributed by atoms with Gasteiger partial charge in [0.1, 0.15) is 5.82 Å². The number of aromatic nitrogens is 3. The van der Waals surface area contributed by atoms with Crippen molar-refractivity contribution in [2.45, 2.75) is 20.0 Å². The van der Waals surface area contributed by atoms with Crippen LogP contribution in [0.25, 0.3) is 5.69 Å². The van der Waals surface area contributed by atoms with Crippen LogP contribution < -0.4 is 15.6 Å². The second kappa shape index (κ2) is 8.70. The molecule has 0 saturated heterocycles. The van der Waals surface area contributed by atoms with Crippen molar-refractivity contribution in [1.82, 2.24) is 25.6 Å². The molecule has 1 aromatic heterocycles. The summed E-state index contributed by atoms with van der Waals surface area (Å²) in [5.41, 5.74) is 5.09. The SMILES string of the molecule is Cc1nc(C(=O)NNC(=O)C(C)Oc2ccccc2F)nn1-c1ccc(Cl)cc1. The topological polar surface area (TPSA) is 98.1 Å². The van der Waals surface area contributed by atoms with Gasteiger partial charge >= 0.3 is 5.91 Å². The Balaban J connectivity index is 1.60. The molecule has 0 radical (unpaired) electrons. The molecule has 8 nitrogen and oxygen atoms in total. The third kappa shape index (κ3) is 4.88. The summed E-state index contributed by atoms with van der Waals surface area (Å²) in [6, 6.07) is 12.5. The number of halogens is 2. The van der Waals surface area contributed by atoms with Crippen molar-refractivity contribution in [3.05, 3.63) is 71.0 Å². The summed E-state index contributed by atoms with van der Waals surface area (Å²) in [5, 5.41) is 4.70. The Kier molecular flexibility index (Phi) is 6.08. The number of nitrogens with one attached hydrogen (secondary N) is 2. The standard InChI is InChI=1S/C19H17ClFN5O3/c1-11(29-16-6-4-3-5-15(16)21)18(27)23-24-19(28)17-22-12(2)26(25-17)14-9-7-13(20)8-10-14/h3-11H,1-2H3,(H,23,27)(H,24,28). The van der Waals surface area contributed by atoms with Crippen molar-refractivity contribution in [3.63, 3.8) is 0 Å². The van der Waals surface area contributed by atoms with E-state index in [4.69, 9.17) is 16.3 Å². The highest BCUT2D eigenvalue weighted by atomic mass is 35.5. The zero-order valence-corrected chi connectivity index (χ0v) is 16.3. The summed E-state index contributed by atoms with van der Waals surface area (Å²) in [6.45, 7) is 3.10. The average molecular weight is 418 g/mol. The molecule has 0 aliphatic heterocycles. The van der Waals surface area contributed by atoms with Crippen LogP contribution in [-0.2, 0) is 4.79 Å². The van der Waals surface area contributed by atoms with Crippen LogP contribution in [0.1, 0.15) is 23.4 Å². The van der Waals surface area contributed by atoms with Gasteiger partial charge in [-0.15, -0.1) is 5.10 Å². The Labute approximate surface area is 170 Å². The highest BCUT2D eigenvalue weighted by Crippen LogP contribution is 2.17. The lowest BCUT2D eigenvalue weighted by molar-refractivity contribution is -0.128. The van der Waals surface area contributed by atoms with Crippen LogP contribution in [0.4, 0.5) is 4.39 Å². The van der Waals surface area contributed by atoms with E-state index in [1.807, 2.05) is 0 Å². The number of hydrogen-bond donors (Lipinski definition) is 2. The fourth-order valence-corrected chi connectivity index (χ4v) is 2.50. The van der Waals surface area contributed by atoms with Crippen molar-refractivity contribution in [2.24, 2.45) is 0 Å².